The molecule has 4 nitrogen and oxygen atoms in total. The summed E-state index contributed by atoms with van der Waals surface area (Å²) in [4.78, 5) is 16.5. The molecule has 0 radical (unpaired) electrons. The molecule has 0 saturated carbocycles. The zero-order valence-electron chi connectivity index (χ0n) is 16.3. The first kappa shape index (κ1) is 21.0. The Balaban J connectivity index is 1.45. The van der Waals surface area contributed by atoms with E-state index in [4.69, 9.17) is 27.9 Å². The van der Waals surface area contributed by atoms with Crippen LogP contribution in [0.1, 0.15) is 25.0 Å². The van der Waals surface area contributed by atoms with Crippen molar-refractivity contribution in [2.75, 3.05) is 26.2 Å². The van der Waals surface area contributed by atoms with Crippen molar-refractivity contribution >= 4 is 29.1 Å². The number of hydrogen-bond donors (Lipinski definition) is 0. The monoisotopic (exact) mass is 420 g/mol. The van der Waals surface area contributed by atoms with Crippen LogP contribution in [0.25, 0.3) is 0 Å². The molecule has 0 spiro atoms. The molecular weight excluding hydrogens is 395 g/mol. The molecule has 28 heavy (non-hydrogen) atoms. The van der Waals surface area contributed by atoms with Crippen molar-refractivity contribution in [1.29, 1.82) is 0 Å². The highest BCUT2D eigenvalue weighted by molar-refractivity contribution is 6.42. The maximum atomic E-state index is 12.3. The van der Waals surface area contributed by atoms with Gasteiger partial charge in [0.2, 0.25) is 5.91 Å². The molecule has 1 aliphatic heterocycles. The van der Waals surface area contributed by atoms with Gasteiger partial charge in [-0.3, -0.25) is 9.69 Å². The van der Waals surface area contributed by atoms with E-state index in [9.17, 15) is 4.79 Å². The van der Waals surface area contributed by atoms with Gasteiger partial charge in [-0.05, 0) is 49.2 Å². The summed E-state index contributed by atoms with van der Waals surface area (Å²) in [5.74, 6) is 1.24. The van der Waals surface area contributed by atoms with Gasteiger partial charge in [-0.2, -0.15) is 0 Å². The number of likely N-dealkylation sites (tertiary alicyclic amines) is 1. The Morgan fingerprint density at radius 3 is 2.29 bits per heavy atom. The Bertz CT molecular complexity index is 801. The van der Waals surface area contributed by atoms with Gasteiger partial charge in [0.15, 0.2) is 0 Å². The predicted octanol–water partition coefficient (Wildman–Crippen LogP) is 4.87. The highest BCUT2D eigenvalue weighted by Gasteiger charge is 2.34. The first-order valence-electron chi connectivity index (χ1n) is 9.67. The smallest absolute Gasteiger partial charge is 0.228 e. The van der Waals surface area contributed by atoms with Crippen LogP contribution >= 0.6 is 23.2 Å². The summed E-state index contributed by atoms with van der Waals surface area (Å²) in [5.41, 5.74) is 2.19. The maximum absolute atomic E-state index is 12.3. The van der Waals surface area contributed by atoms with Crippen LogP contribution < -0.4 is 4.74 Å². The number of carbonyl (C=O) groups excluding carboxylic acids is 1. The fraction of sp³-hybridized carbons (Fsp3) is 0.409. The van der Waals surface area contributed by atoms with Crippen molar-refractivity contribution in [1.82, 2.24) is 9.80 Å². The average molecular weight is 421 g/mol. The van der Waals surface area contributed by atoms with Crippen molar-refractivity contribution in [3.05, 3.63) is 63.6 Å². The van der Waals surface area contributed by atoms with E-state index in [1.807, 2.05) is 43.0 Å². The van der Waals surface area contributed by atoms with Crippen LogP contribution in [-0.4, -0.2) is 41.9 Å². The molecule has 0 bridgehead atoms. The highest BCUT2D eigenvalue weighted by atomic mass is 35.5. The molecule has 0 aliphatic carbocycles. The lowest BCUT2D eigenvalue weighted by Gasteiger charge is -2.40. The third kappa shape index (κ3) is 5.19. The van der Waals surface area contributed by atoms with E-state index in [0.29, 0.717) is 16.7 Å². The molecule has 1 heterocycles. The number of amides is 1. The van der Waals surface area contributed by atoms with Crippen molar-refractivity contribution in [2.45, 2.75) is 27.0 Å². The van der Waals surface area contributed by atoms with E-state index < -0.39 is 0 Å². The maximum Gasteiger partial charge on any atom is 0.228 e. The van der Waals surface area contributed by atoms with Gasteiger partial charge in [-0.15, -0.1) is 0 Å². The van der Waals surface area contributed by atoms with Crippen molar-refractivity contribution in [2.24, 2.45) is 5.92 Å². The Morgan fingerprint density at radius 2 is 1.68 bits per heavy atom. The molecule has 6 heteroatoms. The number of nitrogens with zero attached hydrogens (tertiary/aromatic N) is 2. The largest absolute Gasteiger partial charge is 0.489 e. The number of rotatable bonds is 8. The summed E-state index contributed by atoms with van der Waals surface area (Å²) in [5, 5.41) is 1.08. The molecule has 1 fully saturated rings. The van der Waals surface area contributed by atoms with Crippen molar-refractivity contribution in [3.8, 4) is 5.75 Å². The summed E-state index contributed by atoms with van der Waals surface area (Å²) in [6.07, 6.45) is 0. The number of benzene rings is 2. The zero-order valence-corrected chi connectivity index (χ0v) is 17.8. The number of halogens is 2. The second-order valence-corrected chi connectivity index (χ2v) is 7.90. The van der Waals surface area contributed by atoms with Crippen molar-refractivity contribution < 1.29 is 9.53 Å². The molecule has 0 atom stereocenters. The van der Waals surface area contributed by atoms with Crippen LogP contribution in [0.2, 0.25) is 10.0 Å². The Hall–Kier alpha value is -1.75. The van der Waals surface area contributed by atoms with E-state index in [-0.39, 0.29) is 11.8 Å². The minimum Gasteiger partial charge on any atom is -0.489 e. The topological polar surface area (TPSA) is 32.8 Å². The molecule has 2 aromatic carbocycles. The number of hydrogen-bond acceptors (Lipinski definition) is 3. The van der Waals surface area contributed by atoms with Gasteiger partial charge in [0.25, 0.3) is 0 Å². The van der Waals surface area contributed by atoms with Gasteiger partial charge in [0.05, 0.1) is 16.0 Å². The van der Waals surface area contributed by atoms with Crippen LogP contribution in [0.3, 0.4) is 0 Å². The third-order valence-electron chi connectivity index (χ3n) is 5.10. The third-order valence-corrected chi connectivity index (χ3v) is 5.84. The SMILES string of the molecule is CCN(CC)C(=O)C1CN(Cc2ccc(OCc3ccc(Cl)c(Cl)c3)cc2)C1. The lowest BCUT2D eigenvalue weighted by molar-refractivity contribution is -0.140. The second-order valence-electron chi connectivity index (χ2n) is 7.08. The van der Waals surface area contributed by atoms with Gasteiger partial charge < -0.3 is 9.64 Å². The summed E-state index contributed by atoms with van der Waals surface area (Å²) in [6.45, 7) is 8.61. The fourth-order valence-electron chi connectivity index (χ4n) is 3.39. The predicted molar refractivity (Wildman–Crippen MR) is 114 cm³/mol. The first-order chi connectivity index (χ1) is 13.5. The molecule has 1 aliphatic rings. The normalized spacial score (nSPS) is 14.6. The average Bonchev–Trinajstić information content (AvgIpc) is 2.67. The van der Waals surface area contributed by atoms with Gasteiger partial charge in [-0.1, -0.05) is 41.4 Å². The lowest BCUT2D eigenvalue weighted by atomic mass is 9.97. The van der Waals surface area contributed by atoms with E-state index in [1.54, 1.807) is 6.07 Å². The Labute approximate surface area is 177 Å². The summed E-state index contributed by atoms with van der Waals surface area (Å²) >= 11 is 12.0. The standard InChI is InChI=1S/C22H26Cl2N2O2/c1-3-26(4-2)22(27)18-13-25(14-18)12-16-5-8-19(9-6-16)28-15-17-7-10-20(23)21(24)11-17/h5-11,18H,3-4,12-15H2,1-2H3. The van der Waals surface area contributed by atoms with E-state index >= 15 is 0 Å². The molecule has 0 aromatic heterocycles. The van der Waals surface area contributed by atoms with Gasteiger partial charge >= 0.3 is 0 Å². The molecule has 0 unspecified atom stereocenters. The summed E-state index contributed by atoms with van der Waals surface area (Å²) in [6, 6.07) is 13.6. The summed E-state index contributed by atoms with van der Waals surface area (Å²) in [7, 11) is 0. The molecule has 150 valence electrons. The van der Waals surface area contributed by atoms with Crippen LogP contribution in [0.5, 0.6) is 5.75 Å². The quantitative estimate of drug-likeness (QED) is 0.610. The Kier molecular flexibility index (Phi) is 7.22. The molecule has 1 saturated heterocycles. The minimum atomic E-state index is 0.147. The van der Waals surface area contributed by atoms with Gasteiger partial charge in [0, 0.05) is 32.7 Å². The van der Waals surface area contributed by atoms with Gasteiger partial charge in [-0.25, -0.2) is 0 Å². The molecule has 2 aromatic rings. The second kappa shape index (κ2) is 9.64. The lowest BCUT2D eigenvalue weighted by Crippen LogP contribution is -2.53. The van der Waals surface area contributed by atoms with Crippen LogP contribution in [-0.2, 0) is 17.9 Å². The number of carbonyl (C=O) groups is 1. The van der Waals surface area contributed by atoms with Crippen molar-refractivity contribution in [3.63, 3.8) is 0 Å². The molecular formula is C22H26Cl2N2O2. The van der Waals surface area contributed by atoms with E-state index in [0.717, 1.165) is 44.0 Å². The molecule has 3 rings (SSSR count). The van der Waals surface area contributed by atoms with E-state index in [2.05, 4.69) is 17.0 Å². The minimum absolute atomic E-state index is 0.147. The fourth-order valence-corrected chi connectivity index (χ4v) is 3.71. The molecule has 1 amide bonds. The Morgan fingerprint density at radius 1 is 1.04 bits per heavy atom. The zero-order chi connectivity index (χ0) is 20.1. The van der Waals surface area contributed by atoms with Crippen LogP contribution in [0.15, 0.2) is 42.5 Å². The van der Waals surface area contributed by atoms with Crippen LogP contribution in [0, 0.1) is 5.92 Å². The molecule has 0 N–H and O–H groups in total. The summed E-state index contributed by atoms with van der Waals surface area (Å²) < 4.78 is 5.82. The van der Waals surface area contributed by atoms with Crippen LogP contribution in [0.4, 0.5) is 0 Å². The first-order valence-corrected chi connectivity index (χ1v) is 10.4. The van der Waals surface area contributed by atoms with Gasteiger partial charge in [0.1, 0.15) is 12.4 Å². The number of ether oxygens (including phenoxy) is 1. The highest BCUT2D eigenvalue weighted by Crippen LogP contribution is 2.24. The van der Waals surface area contributed by atoms with E-state index in [1.165, 1.54) is 5.56 Å².